The summed E-state index contributed by atoms with van der Waals surface area (Å²) in [5, 5.41) is 76.9. The SMILES string of the molecule is CCCCCC(NC(=O)C(CCCC)NC(=O)C(CCCCC)NC(=O)C(NC(=O)C(NC(=O)C(NC(=O)c1ccc(CCSC2OC(CO)C(O)C(O)C2O)cc1)C(C)C)C(C)C)C(C)C)C(=O)NC(CCC)C(=O)NC(CCCC)C(=O)NC(C(=O)C(C(=O)NCC(=O)O)C(C)C)C(C)C. The quantitative estimate of drug-likeness (QED) is 0.0326. The van der Waals surface area contributed by atoms with E-state index in [-0.39, 0.29) is 37.7 Å². The summed E-state index contributed by atoms with van der Waals surface area (Å²) in [5.74, 6) is -12.2. The van der Waals surface area contributed by atoms with E-state index < -0.39 is 204 Å². The molecule has 15 unspecified atom stereocenters. The molecule has 0 aliphatic carbocycles. The molecule has 2 rings (SSSR count). The van der Waals surface area contributed by atoms with Gasteiger partial charge in [0.2, 0.25) is 53.2 Å². The van der Waals surface area contributed by atoms with Crippen LogP contribution in [0.3, 0.4) is 0 Å². The van der Waals surface area contributed by atoms with Gasteiger partial charge in [-0.1, -0.05) is 187 Å². The van der Waals surface area contributed by atoms with Gasteiger partial charge in [-0.05, 0) is 91.6 Å². The monoisotopic (exact) mass is 1460 g/mol. The fraction of sp³-hybridized carbons (Fsp3) is 0.753. The third-order valence-electron chi connectivity index (χ3n) is 18.0. The summed E-state index contributed by atoms with van der Waals surface area (Å²) < 4.78 is 5.58. The van der Waals surface area contributed by atoms with Crippen LogP contribution in [-0.2, 0) is 63.9 Å². The molecule has 1 aromatic rings. The summed E-state index contributed by atoms with van der Waals surface area (Å²) in [4.78, 5) is 167. The largest absolute Gasteiger partial charge is 0.480 e. The lowest BCUT2D eigenvalue weighted by Gasteiger charge is -2.39. The van der Waals surface area contributed by atoms with Gasteiger partial charge < -0.3 is 83.4 Å². The van der Waals surface area contributed by atoms with Gasteiger partial charge in [0, 0.05) is 5.56 Å². The Morgan fingerprint density at radius 1 is 0.422 bits per heavy atom. The second kappa shape index (κ2) is 47.5. The molecule has 0 saturated carbocycles. The Morgan fingerprint density at radius 2 is 0.794 bits per heavy atom. The Balaban J connectivity index is 2.34. The van der Waals surface area contributed by atoms with Crippen molar-refractivity contribution in [3.63, 3.8) is 0 Å². The summed E-state index contributed by atoms with van der Waals surface area (Å²) >= 11 is 1.20. The number of Topliss-reactive ketones (excluding diaryl/α,β-unsaturated/α-hetero) is 1. The molecular formula is C73H124N10O18S. The number of carbonyl (C=O) groups is 12. The topological polar surface area (TPSA) is 436 Å². The van der Waals surface area contributed by atoms with E-state index in [9.17, 15) is 78.0 Å². The Labute approximate surface area is 608 Å². The summed E-state index contributed by atoms with van der Waals surface area (Å²) in [7, 11) is 0. The fourth-order valence-corrected chi connectivity index (χ4v) is 12.8. The molecule has 1 heterocycles. The average Bonchev–Trinajstić information content (AvgIpc) is 0.833. The van der Waals surface area contributed by atoms with Crippen LogP contribution in [0.1, 0.15) is 223 Å². The number of amides is 10. The Bertz CT molecular complexity index is 2830. The number of aryl methyl sites for hydroxylation is 1. The summed E-state index contributed by atoms with van der Waals surface area (Å²) in [6, 6.07) is -4.02. The minimum absolute atomic E-state index is 0.131. The highest BCUT2D eigenvalue weighted by molar-refractivity contribution is 7.99. The van der Waals surface area contributed by atoms with Crippen LogP contribution in [0.5, 0.6) is 0 Å². The highest BCUT2D eigenvalue weighted by Gasteiger charge is 2.44. The number of ether oxygens (including phenoxy) is 1. The third-order valence-corrected chi connectivity index (χ3v) is 19.2. The zero-order valence-electron chi connectivity index (χ0n) is 63.0. The molecule has 10 amide bonds. The number of carboxylic acid groups (broad SMARTS) is 1. The Kier molecular flexibility index (Phi) is 42.6. The third kappa shape index (κ3) is 30.5. The molecule has 15 N–H and O–H groups in total. The number of thioether (sulfide) groups is 1. The van der Waals surface area contributed by atoms with E-state index >= 15 is 0 Å². The molecular weight excluding hydrogens is 1340 g/mol. The van der Waals surface area contributed by atoms with E-state index in [0.29, 0.717) is 70.0 Å². The lowest BCUT2D eigenvalue weighted by molar-refractivity contribution is -0.205. The number of aliphatic carboxylic acids is 1. The van der Waals surface area contributed by atoms with Crippen LogP contribution in [0.25, 0.3) is 0 Å². The van der Waals surface area contributed by atoms with Crippen LogP contribution in [0.2, 0.25) is 0 Å². The van der Waals surface area contributed by atoms with Crippen LogP contribution in [0.4, 0.5) is 0 Å². The molecule has 29 heteroatoms. The first kappa shape index (κ1) is 91.3. The van der Waals surface area contributed by atoms with Crippen molar-refractivity contribution in [2.45, 2.75) is 297 Å². The zero-order chi connectivity index (χ0) is 77.1. The maximum atomic E-state index is 14.6. The number of carbonyl (C=O) groups excluding carboxylic acids is 11. The number of hydrogen-bond donors (Lipinski definition) is 15. The van der Waals surface area contributed by atoms with Gasteiger partial charge in [-0.2, -0.15) is 0 Å². The van der Waals surface area contributed by atoms with Crippen molar-refractivity contribution >= 4 is 82.6 Å². The molecule has 28 nitrogen and oxygen atoms in total. The number of carboxylic acids is 1. The van der Waals surface area contributed by atoms with Crippen molar-refractivity contribution in [1.29, 1.82) is 0 Å². The molecule has 580 valence electrons. The van der Waals surface area contributed by atoms with Gasteiger partial charge in [0.15, 0.2) is 5.78 Å². The lowest BCUT2D eigenvalue weighted by Crippen LogP contribution is -2.61. The fourth-order valence-electron chi connectivity index (χ4n) is 11.7. The maximum Gasteiger partial charge on any atom is 0.322 e. The van der Waals surface area contributed by atoms with Crippen LogP contribution >= 0.6 is 11.8 Å². The molecule has 1 aliphatic heterocycles. The van der Waals surface area contributed by atoms with E-state index in [2.05, 4.69) is 53.2 Å². The van der Waals surface area contributed by atoms with Gasteiger partial charge in [-0.25, -0.2) is 0 Å². The summed E-state index contributed by atoms with van der Waals surface area (Å²) in [5.41, 5.74) is 0.179. The minimum Gasteiger partial charge on any atom is -0.480 e. The van der Waals surface area contributed by atoms with Crippen LogP contribution in [-0.4, -0.2) is 199 Å². The first-order chi connectivity index (χ1) is 48.1. The number of rotatable bonds is 49. The predicted octanol–water partition coefficient (Wildman–Crippen LogP) is 3.75. The molecule has 15 atom stereocenters. The van der Waals surface area contributed by atoms with Crippen molar-refractivity contribution in [3.05, 3.63) is 35.4 Å². The van der Waals surface area contributed by atoms with E-state index in [1.165, 1.54) is 11.8 Å². The van der Waals surface area contributed by atoms with Gasteiger partial charge in [0.05, 0.1) is 12.6 Å². The maximum absolute atomic E-state index is 14.6. The molecule has 1 aliphatic rings. The smallest absolute Gasteiger partial charge is 0.322 e. The van der Waals surface area contributed by atoms with E-state index in [4.69, 9.17) is 9.84 Å². The molecule has 0 radical (unpaired) electrons. The van der Waals surface area contributed by atoms with E-state index in [0.717, 1.165) is 18.4 Å². The normalized spacial score (nSPS) is 19.0. The van der Waals surface area contributed by atoms with Crippen molar-refractivity contribution < 1.29 is 87.8 Å². The minimum atomic E-state index is -1.49. The molecule has 1 saturated heterocycles. The number of aliphatic hydroxyl groups excluding tert-OH is 4. The standard InChI is InChI=1S/C73H124N10O18S/c1-16-21-25-30-50(66(94)75-47(27-20-5)64(92)77-49(29-24-19-4)68(96)80-55(41(8)9)60(88)54(40(6)7)69(97)74-38-53(85)86)78-65(93)48(28-23-18-3)76-67(95)51(31-26-22-17-2)79-70(98)56(42(10)11)82-72(100)58(44(14)15)83-71(99)57(43(12)13)81-63(91)46-34-32-45(33-35-46)36-37-102-73-62(90)61(89)59(87)52(39-84)101-73/h32-35,40-44,47-52,54-59,61-62,73,84,87,89-90H,16-31,36-39H2,1-15H3,(H,74,97)(H,75,94)(H,76,95)(H,77,92)(H,78,93)(H,79,98)(H,80,96)(H,81,91)(H,82,100)(H,83,99)(H,85,86). The van der Waals surface area contributed by atoms with Gasteiger partial charge in [0.25, 0.3) is 5.91 Å². The van der Waals surface area contributed by atoms with Gasteiger partial charge in [-0.15, -0.1) is 11.8 Å². The van der Waals surface area contributed by atoms with Crippen LogP contribution in [0.15, 0.2) is 24.3 Å². The number of hydrogen-bond acceptors (Lipinski definition) is 18. The second-order valence-corrected chi connectivity index (χ2v) is 29.7. The molecule has 0 spiro atoms. The summed E-state index contributed by atoms with van der Waals surface area (Å²) in [6.45, 7) is 25.2. The van der Waals surface area contributed by atoms with Gasteiger partial charge in [0.1, 0.15) is 90.6 Å². The first-order valence-corrected chi connectivity index (χ1v) is 38.0. The number of unbranched alkanes of at least 4 members (excludes halogenated alkanes) is 6. The molecule has 1 aromatic carbocycles. The Morgan fingerprint density at radius 3 is 1.18 bits per heavy atom. The molecule has 1 fully saturated rings. The lowest BCUT2D eigenvalue weighted by atomic mass is 9.83. The number of nitrogens with one attached hydrogen (secondary N) is 10. The van der Waals surface area contributed by atoms with Crippen LogP contribution in [0, 0.1) is 35.5 Å². The van der Waals surface area contributed by atoms with Crippen molar-refractivity contribution in [3.8, 4) is 0 Å². The molecule has 0 aromatic heterocycles. The average molecular weight is 1460 g/mol. The van der Waals surface area contributed by atoms with Gasteiger partial charge >= 0.3 is 5.97 Å². The van der Waals surface area contributed by atoms with E-state index in [1.54, 1.807) is 100 Å². The van der Waals surface area contributed by atoms with Crippen molar-refractivity contribution in [2.75, 3.05) is 18.9 Å². The predicted molar refractivity (Wildman–Crippen MR) is 389 cm³/mol. The first-order valence-electron chi connectivity index (χ1n) is 36.9. The van der Waals surface area contributed by atoms with Crippen LogP contribution < -0.4 is 53.2 Å². The molecule has 0 bridgehead atoms. The number of aliphatic hydroxyl groups is 4. The van der Waals surface area contributed by atoms with Crippen molar-refractivity contribution in [2.24, 2.45) is 35.5 Å². The summed E-state index contributed by atoms with van der Waals surface area (Å²) in [6.07, 6.45) is 2.44. The van der Waals surface area contributed by atoms with Gasteiger partial charge in [-0.3, -0.25) is 57.5 Å². The highest BCUT2D eigenvalue weighted by Crippen LogP contribution is 2.29. The number of ketones is 1. The van der Waals surface area contributed by atoms with E-state index in [1.807, 2.05) is 27.7 Å². The molecule has 102 heavy (non-hydrogen) atoms. The number of benzene rings is 1. The zero-order valence-corrected chi connectivity index (χ0v) is 63.8. The Hall–Kier alpha value is -6.79. The van der Waals surface area contributed by atoms with Crippen molar-refractivity contribution in [1.82, 2.24) is 53.2 Å². The second-order valence-electron chi connectivity index (χ2n) is 28.5. The highest BCUT2D eigenvalue weighted by atomic mass is 32.2.